The molecule has 0 radical (unpaired) electrons. The molecule has 7 heteroatoms. The van der Waals surface area contributed by atoms with Crippen LogP contribution >= 0.6 is 0 Å². The van der Waals surface area contributed by atoms with Gasteiger partial charge in [0.2, 0.25) is 5.91 Å². The van der Waals surface area contributed by atoms with Gasteiger partial charge in [-0.25, -0.2) is 9.78 Å². The summed E-state index contributed by atoms with van der Waals surface area (Å²) in [5.41, 5.74) is 5.92. The van der Waals surface area contributed by atoms with Crippen LogP contribution in [-0.2, 0) is 16.1 Å². The van der Waals surface area contributed by atoms with Gasteiger partial charge in [0.15, 0.2) is 5.69 Å². The quantitative estimate of drug-likeness (QED) is 0.756. The molecular weight excluding hydrogens is 248 g/mol. The number of nitrogens with zero attached hydrogens (tertiary/aromatic N) is 2. The minimum absolute atomic E-state index is 0.0675. The number of rotatable bonds is 5. The Hall–Kier alpha value is -2.05. The predicted octanol–water partition coefficient (Wildman–Crippen LogP) is 0.475. The molecule has 0 bridgehead atoms. The van der Waals surface area contributed by atoms with E-state index in [1.54, 1.807) is 11.5 Å². The van der Waals surface area contributed by atoms with Gasteiger partial charge in [0.05, 0.1) is 7.11 Å². The van der Waals surface area contributed by atoms with Gasteiger partial charge >= 0.3 is 5.97 Å². The van der Waals surface area contributed by atoms with E-state index in [-0.39, 0.29) is 29.9 Å². The molecule has 0 aliphatic heterocycles. The first-order valence-electron chi connectivity index (χ1n) is 6.07. The van der Waals surface area contributed by atoms with Gasteiger partial charge in [-0.1, -0.05) is 0 Å². The molecule has 1 heterocycles. The van der Waals surface area contributed by atoms with E-state index in [4.69, 9.17) is 5.73 Å². The number of ether oxygens (including phenoxy) is 1. The van der Waals surface area contributed by atoms with E-state index >= 15 is 0 Å². The summed E-state index contributed by atoms with van der Waals surface area (Å²) in [6.07, 6.45) is 0.278. The summed E-state index contributed by atoms with van der Waals surface area (Å²) in [5.74, 6) is 0.157. The van der Waals surface area contributed by atoms with Crippen LogP contribution < -0.4 is 11.1 Å². The predicted molar refractivity (Wildman–Crippen MR) is 70.6 cm³/mol. The second-order valence-electron chi connectivity index (χ2n) is 4.51. The normalized spacial score (nSPS) is 10.6. The Labute approximate surface area is 112 Å². The van der Waals surface area contributed by atoms with E-state index in [1.807, 2.05) is 13.8 Å². The Morgan fingerprint density at radius 1 is 1.47 bits per heavy atom. The molecule has 0 spiro atoms. The number of methoxy groups -OCH3 is 1. The van der Waals surface area contributed by atoms with E-state index in [0.717, 1.165) is 0 Å². The van der Waals surface area contributed by atoms with Crippen LogP contribution in [0, 0.1) is 6.92 Å². The van der Waals surface area contributed by atoms with E-state index < -0.39 is 5.97 Å². The number of imidazole rings is 1. The van der Waals surface area contributed by atoms with Crippen molar-refractivity contribution in [3.05, 3.63) is 11.5 Å². The number of amides is 1. The number of nitrogens with two attached hydrogens (primary N) is 1. The zero-order valence-corrected chi connectivity index (χ0v) is 11.7. The van der Waals surface area contributed by atoms with E-state index in [1.165, 1.54) is 7.11 Å². The van der Waals surface area contributed by atoms with Crippen LogP contribution in [0.4, 0.5) is 5.82 Å². The van der Waals surface area contributed by atoms with Crippen LogP contribution in [0.25, 0.3) is 0 Å². The number of nitrogens with one attached hydrogen (secondary N) is 1. The zero-order valence-electron chi connectivity index (χ0n) is 11.7. The van der Waals surface area contributed by atoms with Gasteiger partial charge in [0.25, 0.3) is 0 Å². The van der Waals surface area contributed by atoms with Crippen LogP contribution in [-0.4, -0.2) is 34.6 Å². The van der Waals surface area contributed by atoms with Gasteiger partial charge in [-0.3, -0.25) is 4.79 Å². The largest absolute Gasteiger partial charge is 0.464 e. The standard InChI is InChI=1S/C12H20N4O3/c1-7(2)14-9(17)5-6-16-8(3)15-10(11(16)13)12(18)19-4/h7H,5-6,13H2,1-4H3,(H,14,17). The molecule has 0 saturated heterocycles. The molecule has 0 unspecified atom stereocenters. The first-order chi connectivity index (χ1) is 8.86. The van der Waals surface area contributed by atoms with E-state index in [0.29, 0.717) is 12.4 Å². The third kappa shape index (κ3) is 3.70. The summed E-state index contributed by atoms with van der Waals surface area (Å²) < 4.78 is 6.22. The smallest absolute Gasteiger partial charge is 0.360 e. The molecule has 0 atom stereocenters. The third-order valence-electron chi connectivity index (χ3n) is 2.59. The highest BCUT2D eigenvalue weighted by atomic mass is 16.5. The molecule has 0 aliphatic carbocycles. The number of hydrogen-bond donors (Lipinski definition) is 2. The van der Waals surface area contributed by atoms with Crippen molar-refractivity contribution in [1.82, 2.24) is 14.9 Å². The Kier molecular flexibility index (Phi) is 4.91. The number of hydrogen-bond acceptors (Lipinski definition) is 5. The lowest BCUT2D eigenvalue weighted by Gasteiger charge is -2.10. The number of esters is 1. The third-order valence-corrected chi connectivity index (χ3v) is 2.59. The number of aryl methyl sites for hydroxylation is 1. The Balaban J connectivity index is 2.77. The fourth-order valence-corrected chi connectivity index (χ4v) is 1.72. The molecule has 0 aliphatic rings. The number of aromatic nitrogens is 2. The second-order valence-corrected chi connectivity index (χ2v) is 4.51. The molecule has 0 aromatic carbocycles. The van der Waals surface area contributed by atoms with Gasteiger partial charge in [-0.2, -0.15) is 0 Å². The van der Waals surface area contributed by atoms with Gasteiger partial charge in [-0.15, -0.1) is 0 Å². The zero-order chi connectivity index (χ0) is 14.6. The fraction of sp³-hybridized carbons (Fsp3) is 0.583. The first kappa shape index (κ1) is 15.0. The number of nitrogen functional groups attached to an aromatic ring is 1. The minimum atomic E-state index is -0.578. The van der Waals surface area contributed by atoms with Crippen LogP contribution in [0.15, 0.2) is 0 Å². The molecule has 7 nitrogen and oxygen atoms in total. The van der Waals surface area contributed by atoms with E-state index in [9.17, 15) is 9.59 Å². The monoisotopic (exact) mass is 268 g/mol. The van der Waals surface area contributed by atoms with E-state index in [2.05, 4.69) is 15.0 Å². The number of anilines is 1. The molecule has 1 rings (SSSR count). The van der Waals surface area contributed by atoms with Crippen molar-refractivity contribution in [3.63, 3.8) is 0 Å². The van der Waals surface area contributed by atoms with Gasteiger partial charge < -0.3 is 20.4 Å². The highest BCUT2D eigenvalue weighted by Crippen LogP contribution is 2.15. The van der Waals surface area contributed by atoms with Crippen LogP contribution in [0.1, 0.15) is 36.6 Å². The first-order valence-corrected chi connectivity index (χ1v) is 6.07. The van der Waals surface area contributed by atoms with Crippen molar-refractivity contribution in [2.45, 2.75) is 39.8 Å². The van der Waals surface area contributed by atoms with Crippen LogP contribution in [0.5, 0.6) is 0 Å². The van der Waals surface area contributed by atoms with Gasteiger partial charge in [-0.05, 0) is 20.8 Å². The fourth-order valence-electron chi connectivity index (χ4n) is 1.72. The Morgan fingerprint density at radius 3 is 2.63 bits per heavy atom. The molecular formula is C12H20N4O3. The molecule has 106 valence electrons. The maximum absolute atomic E-state index is 11.6. The van der Waals surface area contributed by atoms with Gasteiger partial charge in [0, 0.05) is 19.0 Å². The van der Waals surface area contributed by atoms with Crippen LogP contribution in [0.3, 0.4) is 0 Å². The number of carbonyl (C=O) groups excluding carboxylic acids is 2. The summed E-state index contributed by atoms with van der Waals surface area (Å²) in [5, 5.41) is 2.79. The summed E-state index contributed by atoms with van der Waals surface area (Å²) in [6.45, 7) is 5.89. The van der Waals surface area contributed by atoms with Crippen molar-refractivity contribution >= 4 is 17.7 Å². The lowest BCUT2D eigenvalue weighted by molar-refractivity contribution is -0.121. The topological polar surface area (TPSA) is 99.2 Å². The van der Waals surface area contributed by atoms with Gasteiger partial charge in [0.1, 0.15) is 11.6 Å². The highest BCUT2D eigenvalue weighted by molar-refractivity contribution is 5.92. The molecule has 0 fully saturated rings. The lowest BCUT2D eigenvalue weighted by atomic mass is 10.3. The Bertz CT molecular complexity index is 480. The molecule has 1 aromatic heterocycles. The summed E-state index contributed by atoms with van der Waals surface area (Å²) in [4.78, 5) is 27.0. The average Bonchev–Trinajstić information content (AvgIpc) is 2.61. The maximum Gasteiger partial charge on any atom is 0.360 e. The second kappa shape index (κ2) is 6.21. The number of carbonyl (C=O) groups is 2. The minimum Gasteiger partial charge on any atom is -0.464 e. The Morgan fingerprint density at radius 2 is 2.11 bits per heavy atom. The highest BCUT2D eigenvalue weighted by Gasteiger charge is 2.19. The molecule has 1 amide bonds. The molecule has 19 heavy (non-hydrogen) atoms. The summed E-state index contributed by atoms with van der Waals surface area (Å²) in [7, 11) is 1.27. The van der Waals surface area contributed by atoms with Crippen LogP contribution in [0.2, 0.25) is 0 Å². The molecule has 3 N–H and O–H groups in total. The molecule has 0 saturated carbocycles. The molecule has 1 aromatic rings. The maximum atomic E-state index is 11.6. The van der Waals surface area contributed by atoms with Crippen molar-refractivity contribution < 1.29 is 14.3 Å². The lowest BCUT2D eigenvalue weighted by Crippen LogP contribution is -2.30. The summed E-state index contributed by atoms with van der Waals surface area (Å²) in [6, 6.07) is 0.0966. The van der Waals surface area contributed by atoms with Crippen molar-refractivity contribution in [3.8, 4) is 0 Å². The van der Waals surface area contributed by atoms with Crippen molar-refractivity contribution in [2.24, 2.45) is 0 Å². The SMILES string of the molecule is COC(=O)c1nc(C)n(CCC(=O)NC(C)C)c1N. The van der Waals surface area contributed by atoms with Crippen molar-refractivity contribution in [2.75, 3.05) is 12.8 Å². The van der Waals surface area contributed by atoms with Crippen molar-refractivity contribution in [1.29, 1.82) is 0 Å². The average molecular weight is 268 g/mol. The summed E-state index contributed by atoms with van der Waals surface area (Å²) >= 11 is 0.